The van der Waals surface area contributed by atoms with Gasteiger partial charge in [-0.2, -0.15) is 4.98 Å². The van der Waals surface area contributed by atoms with Crippen molar-refractivity contribution in [2.75, 3.05) is 19.0 Å². The van der Waals surface area contributed by atoms with Crippen molar-refractivity contribution < 1.29 is 4.74 Å². The van der Waals surface area contributed by atoms with Crippen LogP contribution in [0.25, 0.3) is 0 Å². The molecule has 0 aliphatic rings. The number of nitrogens with zero attached hydrogens (tertiary/aromatic N) is 2. The van der Waals surface area contributed by atoms with E-state index in [4.69, 9.17) is 4.74 Å². The molecule has 0 saturated carbocycles. The van der Waals surface area contributed by atoms with Gasteiger partial charge in [0.25, 0.3) is 0 Å². The second-order valence-corrected chi connectivity index (χ2v) is 3.16. The van der Waals surface area contributed by atoms with Crippen LogP contribution in [0.15, 0.2) is 6.07 Å². The molecule has 0 aliphatic heterocycles. The van der Waals surface area contributed by atoms with E-state index in [2.05, 4.69) is 22.2 Å². The van der Waals surface area contributed by atoms with E-state index in [0.29, 0.717) is 11.8 Å². The van der Waals surface area contributed by atoms with Crippen molar-refractivity contribution >= 4 is 5.95 Å². The molecule has 1 heterocycles. The molecule has 0 amide bonds. The Bertz CT molecular complexity index is 289. The lowest BCUT2D eigenvalue weighted by Gasteiger charge is -2.06. The number of hydrogen-bond donors (Lipinski definition) is 1. The fourth-order valence-corrected chi connectivity index (χ4v) is 1.10. The molecule has 0 bridgehead atoms. The second kappa shape index (κ2) is 5.42. The molecular formula is C10H17N3O. The van der Waals surface area contributed by atoms with E-state index in [1.165, 1.54) is 0 Å². The van der Waals surface area contributed by atoms with Crippen LogP contribution in [0.3, 0.4) is 0 Å². The zero-order valence-electron chi connectivity index (χ0n) is 9.00. The molecule has 0 radical (unpaired) electrons. The molecule has 4 nitrogen and oxygen atoms in total. The quantitative estimate of drug-likeness (QED) is 0.730. The number of ether oxygens (including phenoxy) is 1. The Morgan fingerprint density at radius 3 is 2.86 bits per heavy atom. The number of rotatable bonds is 5. The molecule has 0 aliphatic carbocycles. The van der Waals surface area contributed by atoms with E-state index in [9.17, 15) is 0 Å². The number of unbranched alkanes of at least 4 members (excludes halogenated alkanes) is 1. The number of aryl methyl sites for hydroxylation is 1. The van der Waals surface area contributed by atoms with Gasteiger partial charge in [0.05, 0.1) is 7.11 Å². The highest BCUT2D eigenvalue weighted by atomic mass is 16.5. The second-order valence-electron chi connectivity index (χ2n) is 3.16. The zero-order valence-corrected chi connectivity index (χ0v) is 9.00. The number of anilines is 1. The zero-order chi connectivity index (χ0) is 10.4. The van der Waals surface area contributed by atoms with Crippen LogP contribution in [0.5, 0.6) is 5.88 Å². The first-order valence-electron chi connectivity index (χ1n) is 4.89. The van der Waals surface area contributed by atoms with Crippen LogP contribution in [-0.4, -0.2) is 23.6 Å². The summed E-state index contributed by atoms with van der Waals surface area (Å²) in [6.45, 7) is 4.98. The SMILES string of the molecule is CCCCNc1nc(C)cc(OC)n1. The van der Waals surface area contributed by atoms with E-state index < -0.39 is 0 Å². The number of hydrogen-bond acceptors (Lipinski definition) is 4. The normalized spacial score (nSPS) is 9.93. The summed E-state index contributed by atoms with van der Waals surface area (Å²) in [7, 11) is 1.61. The van der Waals surface area contributed by atoms with Gasteiger partial charge in [0.2, 0.25) is 11.8 Å². The third kappa shape index (κ3) is 3.20. The lowest BCUT2D eigenvalue weighted by atomic mass is 10.3. The van der Waals surface area contributed by atoms with Crippen LogP contribution in [0.4, 0.5) is 5.95 Å². The van der Waals surface area contributed by atoms with Gasteiger partial charge in [-0.1, -0.05) is 13.3 Å². The monoisotopic (exact) mass is 195 g/mol. The first-order chi connectivity index (χ1) is 6.76. The van der Waals surface area contributed by atoms with Crippen molar-refractivity contribution in [1.29, 1.82) is 0 Å². The summed E-state index contributed by atoms with van der Waals surface area (Å²) in [6, 6.07) is 1.81. The van der Waals surface area contributed by atoms with Crippen molar-refractivity contribution in [3.05, 3.63) is 11.8 Å². The minimum atomic E-state index is 0.608. The Balaban J connectivity index is 2.62. The van der Waals surface area contributed by atoms with Gasteiger partial charge in [-0.05, 0) is 13.3 Å². The highest BCUT2D eigenvalue weighted by Crippen LogP contribution is 2.10. The largest absolute Gasteiger partial charge is 0.481 e. The van der Waals surface area contributed by atoms with Gasteiger partial charge in [0.1, 0.15) is 0 Å². The van der Waals surface area contributed by atoms with Crippen LogP contribution in [0.2, 0.25) is 0 Å². The topological polar surface area (TPSA) is 47.0 Å². The molecule has 1 aromatic heterocycles. The Morgan fingerprint density at radius 2 is 2.21 bits per heavy atom. The van der Waals surface area contributed by atoms with Gasteiger partial charge in [0, 0.05) is 18.3 Å². The predicted molar refractivity (Wildman–Crippen MR) is 56.7 cm³/mol. The average Bonchev–Trinajstić information content (AvgIpc) is 2.17. The van der Waals surface area contributed by atoms with Crippen LogP contribution in [0, 0.1) is 6.92 Å². The van der Waals surface area contributed by atoms with Gasteiger partial charge in [-0.25, -0.2) is 4.98 Å². The summed E-state index contributed by atoms with van der Waals surface area (Å²) < 4.78 is 5.05. The van der Waals surface area contributed by atoms with Gasteiger partial charge in [-0.15, -0.1) is 0 Å². The van der Waals surface area contributed by atoms with Crippen molar-refractivity contribution in [2.24, 2.45) is 0 Å². The molecule has 0 aromatic carbocycles. The summed E-state index contributed by atoms with van der Waals surface area (Å²) >= 11 is 0. The minimum absolute atomic E-state index is 0.608. The van der Waals surface area contributed by atoms with E-state index in [0.717, 1.165) is 25.1 Å². The van der Waals surface area contributed by atoms with Crippen LogP contribution >= 0.6 is 0 Å². The highest BCUT2D eigenvalue weighted by molar-refractivity contribution is 5.30. The van der Waals surface area contributed by atoms with Crippen LogP contribution in [0.1, 0.15) is 25.5 Å². The Labute approximate surface area is 84.7 Å². The van der Waals surface area contributed by atoms with Crippen LogP contribution in [-0.2, 0) is 0 Å². The lowest BCUT2D eigenvalue weighted by molar-refractivity contribution is 0.397. The molecular weight excluding hydrogens is 178 g/mol. The van der Waals surface area contributed by atoms with Crippen molar-refractivity contribution in [3.8, 4) is 5.88 Å². The van der Waals surface area contributed by atoms with Gasteiger partial charge in [-0.3, -0.25) is 0 Å². The standard InChI is InChI=1S/C10H17N3O/c1-4-5-6-11-10-12-8(2)7-9(13-10)14-3/h7H,4-6H2,1-3H3,(H,11,12,13). The molecule has 14 heavy (non-hydrogen) atoms. The molecule has 0 saturated heterocycles. The third-order valence-corrected chi connectivity index (χ3v) is 1.85. The first-order valence-corrected chi connectivity index (χ1v) is 4.89. The molecule has 0 fully saturated rings. The van der Waals surface area contributed by atoms with Crippen molar-refractivity contribution in [2.45, 2.75) is 26.7 Å². The molecule has 0 atom stereocenters. The van der Waals surface area contributed by atoms with E-state index in [1.807, 2.05) is 13.0 Å². The number of methoxy groups -OCH3 is 1. The maximum absolute atomic E-state index is 5.05. The summed E-state index contributed by atoms with van der Waals surface area (Å²) in [5.74, 6) is 1.26. The predicted octanol–water partition coefficient (Wildman–Crippen LogP) is 2.01. The highest BCUT2D eigenvalue weighted by Gasteiger charge is 2.00. The maximum Gasteiger partial charge on any atom is 0.226 e. The Hall–Kier alpha value is -1.32. The van der Waals surface area contributed by atoms with Crippen molar-refractivity contribution in [1.82, 2.24) is 9.97 Å². The van der Waals surface area contributed by atoms with Gasteiger partial charge < -0.3 is 10.1 Å². The molecule has 78 valence electrons. The number of aromatic nitrogens is 2. The molecule has 1 rings (SSSR count). The minimum Gasteiger partial charge on any atom is -0.481 e. The molecule has 0 unspecified atom stereocenters. The molecule has 4 heteroatoms. The smallest absolute Gasteiger partial charge is 0.226 e. The number of nitrogens with one attached hydrogen (secondary N) is 1. The Kier molecular flexibility index (Phi) is 4.16. The third-order valence-electron chi connectivity index (χ3n) is 1.85. The maximum atomic E-state index is 5.05. The first kappa shape index (κ1) is 10.8. The molecule has 0 spiro atoms. The average molecular weight is 195 g/mol. The van der Waals surface area contributed by atoms with E-state index in [1.54, 1.807) is 7.11 Å². The summed E-state index contributed by atoms with van der Waals surface area (Å²) in [5, 5.41) is 3.16. The van der Waals surface area contributed by atoms with Crippen LogP contribution < -0.4 is 10.1 Å². The summed E-state index contributed by atoms with van der Waals surface area (Å²) in [5.41, 5.74) is 0.913. The fraction of sp³-hybridized carbons (Fsp3) is 0.600. The fourth-order valence-electron chi connectivity index (χ4n) is 1.10. The van der Waals surface area contributed by atoms with Gasteiger partial charge in [0.15, 0.2) is 0 Å². The van der Waals surface area contributed by atoms with Crippen molar-refractivity contribution in [3.63, 3.8) is 0 Å². The lowest BCUT2D eigenvalue weighted by Crippen LogP contribution is -2.06. The summed E-state index contributed by atoms with van der Waals surface area (Å²) in [6.07, 6.45) is 2.29. The van der Waals surface area contributed by atoms with E-state index in [-0.39, 0.29) is 0 Å². The van der Waals surface area contributed by atoms with Gasteiger partial charge >= 0.3 is 0 Å². The molecule has 1 aromatic rings. The molecule has 1 N–H and O–H groups in total. The Morgan fingerprint density at radius 1 is 1.43 bits per heavy atom. The summed E-state index contributed by atoms with van der Waals surface area (Å²) in [4.78, 5) is 8.43. The van der Waals surface area contributed by atoms with E-state index >= 15 is 0 Å².